The maximum absolute atomic E-state index is 12.6. The van der Waals surface area contributed by atoms with Gasteiger partial charge in [0.25, 0.3) is 5.91 Å². The van der Waals surface area contributed by atoms with Crippen molar-refractivity contribution < 1.29 is 14.6 Å². The highest BCUT2D eigenvalue weighted by Crippen LogP contribution is 2.19. The summed E-state index contributed by atoms with van der Waals surface area (Å²) in [6.45, 7) is 1.34. The molecule has 1 amide bonds. The first-order chi connectivity index (χ1) is 9.79. The molecule has 1 N–H and O–H groups in total. The summed E-state index contributed by atoms with van der Waals surface area (Å²) in [6.07, 6.45) is 1.39. The number of benzene rings is 1. The van der Waals surface area contributed by atoms with Crippen molar-refractivity contribution in [1.29, 1.82) is 0 Å². The molecule has 0 radical (unpaired) electrons. The molecule has 0 spiro atoms. The van der Waals surface area contributed by atoms with Gasteiger partial charge in [-0.3, -0.25) is 9.78 Å². The molecule has 1 fully saturated rings. The summed E-state index contributed by atoms with van der Waals surface area (Å²) in [5, 5.41) is 10.1. The molecule has 2 heterocycles. The number of aromatic nitrogens is 1. The molecule has 1 saturated heterocycles. The highest BCUT2D eigenvalue weighted by Gasteiger charge is 2.25. The monoisotopic (exact) mass is 272 g/mol. The number of pyridine rings is 1. The Morgan fingerprint density at radius 2 is 2.25 bits per heavy atom. The highest BCUT2D eigenvalue weighted by atomic mass is 16.5. The maximum Gasteiger partial charge on any atom is 0.256 e. The van der Waals surface area contributed by atoms with E-state index in [0.29, 0.717) is 30.8 Å². The lowest BCUT2D eigenvalue weighted by Gasteiger charge is -2.32. The average Bonchev–Trinajstić information content (AvgIpc) is 2.53. The van der Waals surface area contributed by atoms with E-state index in [0.717, 1.165) is 5.39 Å². The zero-order valence-electron chi connectivity index (χ0n) is 11.0. The lowest BCUT2D eigenvalue weighted by atomic mass is 10.1. The van der Waals surface area contributed by atoms with Crippen molar-refractivity contribution in [3.8, 4) is 0 Å². The van der Waals surface area contributed by atoms with Crippen LogP contribution in [0.2, 0.25) is 0 Å². The van der Waals surface area contributed by atoms with Crippen LogP contribution in [0.1, 0.15) is 10.4 Å². The van der Waals surface area contributed by atoms with E-state index >= 15 is 0 Å². The largest absolute Gasteiger partial charge is 0.394 e. The highest BCUT2D eigenvalue weighted by molar-refractivity contribution is 6.05. The third kappa shape index (κ3) is 2.37. The van der Waals surface area contributed by atoms with Crippen LogP contribution in [-0.4, -0.2) is 53.3 Å². The Hall–Kier alpha value is -1.98. The molecule has 1 aliphatic rings. The quantitative estimate of drug-likeness (QED) is 0.888. The molecule has 1 aliphatic heterocycles. The number of nitrogens with zero attached hydrogens (tertiary/aromatic N) is 2. The molecule has 5 heteroatoms. The lowest BCUT2D eigenvalue weighted by molar-refractivity contribution is -0.0446. The van der Waals surface area contributed by atoms with E-state index in [1.54, 1.807) is 17.2 Å². The molecule has 2 aromatic rings. The number of carbonyl (C=O) groups excluding carboxylic acids is 1. The summed E-state index contributed by atoms with van der Waals surface area (Å²) in [4.78, 5) is 18.6. The Morgan fingerprint density at radius 1 is 1.40 bits per heavy atom. The normalized spacial score (nSPS) is 19.2. The van der Waals surface area contributed by atoms with Gasteiger partial charge < -0.3 is 14.7 Å². The van der Waals surface area contributed by atoms with Gasteiger partial charge in [-0.2, -0.15) is 0 Å². The first-order valence-corrected chi connectivity index (χ1v) is 6.65. The molecule has 1 aromatic carbocycles. The third-order valence-electron chi connectivity index (χ3n) is 3.49. The number of hydrogen-bond donors (Lipinski definition) is 1. The van der Waals surface area contributed by atoms with Gasteiger partial charge in [0, 0.05) is 24.7 Å². The molecule has 3 rings (SSSR count). The van der Waals surface area contributed by atoms with Gasteiger partial charge in [0.05, 0.1) is 30.4 Å². The van der Waals surface area contributed by atoms with Crippen LogP contribution in [0.5, 0.6) is 0 Å². The Balaban J connectivity index is 1.92. The number of ether oxygens (including phenoxy) is 1. The van der Waals surface area contributed by atoms with Gasteiger partial charge in [-0.25, -0.2) is 0 Å². The molecule has 1 atom stereocenters. The van der Waals surface area contributed by atoms with Gasteiger partial charge in [-0.1, -0.05) is 18.2 Å². The van der Waals surface area contributed by atoms with E-state index in [2.05, 4.69) is 4.98 Å². The molecule has 1 unspecified atom stereocenters. The third-order valence-corrected chi connectivity index (χ3v) is 3.49. The predicted molar refractivity (Wildman–Crippen MR) is 74.5 cm³/mol. The van der Waals surface area contributed by atoms with Crippen molar-refractivity contribution in [2.24, 2.45) is 0 Å². The number of para-hydroxylation sites is 1. The first kappa shape index (κ1) is 13.0. The fourth-order valence-electron chi connectivity index (χ4n) is 2.46. The Labute approximate surface area is 116 Å². The molecule has 1 aromatic heterocycles. The van der Waals surface area contributed by atoms with Gasteiger partial charge in [0.15, 0.2) is 0 Å². The van der Waals surface area contributed by atoms with Gasteiger partial charge in [0.2, 0.25) is 0 Å². The smallest absolute Gasteiger partial charge is 0.256 e. The Bertz CT molecular complexity index is 624. The van der Waals surface area contributed by atoms with Crippen molar-refractivity contribution in [2.75, 3.05) is 26.3 Å². The van der Waals surface area contributed by atoms with E-state index in [9.17, 15) is 4.79 Å². The van der Waals surface area contributed by atoms with Gasteiger partial charge in [0.1, 0.15) is 0 Å². The summed E-state index contributed by atoms with van der Waals surface area (Å²) in [5.41, 5.74) is 1.31. The van der Waals surface area contributed by atoms with Crippen LogP contribution >= 0.6 is 0 Å². The van der Waals surface area contributed by atoms with Crippen LogP contribution in [0, 0.1) is 0 Å². The number of amides is 1. The summed E-state index contributed by atoms with van der Waals surface area (Å²) in [6, 6.07) is 9.39. The van der Waals surface area contributed by atoms with E-state index < -0.39 is 0 Å². The Kier molecular flexibility index (Phi) is 3.62. The minimum Gasteiger partial charge on any atom is -0.394 e. The number of rotatable bonds is 2. The number of hydrogen-bond acceptors (Lipinski definition) is 4. The molecular weight excluding hydrogens is 256 g/mol. The van der Waals surface area contributed by atoms with E-state index in [-0.39, 0.29) is 18.6 Å². The number of carbonyl (C=O) groups is 1. The van der Waals surface area contributed by atoms with Crippen LogP contribution in [0.15, 0.2) is 36.5 Å². The number of fused-ring (bicyclic) bond motifs is 1. The number of morpholine rings is 1. The fourth-order valence-corrected chi connectivity index (χ4v) is 2.46. The SMILES string of the molecule is O=C(c1cccc2cccnc12)N1CCOC(CO)C1. The number of aliphatic hydroxyl groups excluding tert-OH is 1. The van der Waals surface area contributed by atoms with Crippen LogP contribution in [0.3, 0.4) is 0 Å². The lowest BCUT2D eigenvalue weighted by Crippen LogP contribution is -2.46. The summed E-state index contributed by atoms with van der Waals surface area (Å²) < 4.78 is 5.37. The molecule has 20 heavy (non-hydrogen) atoms. The molecule has 104 valence electrons. The molecule has 0 aliphatic carbocycles. The average molecular weight is 272 g/mol. The predicted octanol–water partition coefficient (Wildman–Crippen LogP) is 1.07. The van der Waals surface area contributed by atoms with Crippen molar-refractivity contribution >= 4 is 16.8 Å². The van der Waals surface area contributed by atoms with E-state index in [4.69, 9.17) is 9.84 Å². The maximum atomic E-state index is 12.6. The van der Waals surface area contributed by atoms with Crippen LogP contribution in [0.25, 0.3) is 10.9 Å². The second-order valence-corrected chi connectivity index (χ2v) is 4.81. The molecule has 0 saturated carbocycles. The second-order valence-electron chi connectivity index (χ2n) is 4.81. The minimum absolute atomic E-state index is 0.0592. The van der Waals surface area contributed by atoms with Crippen LogP contribution in [0.4, 0.5) is 0 Å². The van der Waals surface area contributed by atoms with Gasteiger partial charge >= 0.3 is 0 Å². The first-order valence-electron chi connectivity index (χ1n) is 6.65. The van der Waals surface area contributed by atoms with E-state index in [1.165, 1.54) is 0 Å². The topological polar surface area (TPSA) is 62.7 Å². The molecule has 5 nitrogen and oxygen atoms in total. The van der Waals surface area contributed by atoms with Crippen molar-refractivity contribution in [2.45, 2.75) is 6.10 Å². The molecule has 0 bridgehead atoms. The van der Waals surface area contributed by atoms with Crippen LogP contribution in [-0.2, 0) is 4.74 Å². The fraction of sp³-hybridized carbons (Fsp3) is 0.333. The van der Waals surface area contributed by atoms with Gasteiger partial charge in [-0.15, -0.1) is 0 Å². The zero-order chi connectivity index (χ0) is 13.9. The summed E-state index contributed by atoms with van der Waals surface area (Å²) in [7, 11) is 0. The zero-order valence-corrected chi connectivity index (χ0v) is 11.0. The van der Waals surface area contributed by atoms with Crippen molar-refractivity contribution in [1.82, 2.24) is 9.88 Å². The summed E-state index contributed by atoms with van der Waals surface area (Å²) in [5.74, 6) is -0.0592. The standard InChI is InChI=1S/C15H16N2O3/c18-10-12-9-17(7-8-20-12)15(19)13-5-1-3-11-4-2-6-16-14(11)13/h1-6,12,18H,7-10H2. The van der Waals surface area contributed by atoms with Crippen LogP contribution < -0.4 is 0 Å². The Morgan fingerprint density at radius 3 is 3.10 bits per heavy atom. The number of aliphatic hydroxyl groups is 1. The van der Waals surface area contributed by atoms with Crippen molar-refractivity contribution in [3.05, 3.63) is 42.1 Å². The molecular formula is C15H16N2O3. The van der Waals surface area contributed by atoms with Crippen molar-refractivity contribution in [3.63, 3.8) is 0 Å². The van der Waals surface area contributed by atoms with E-state index in [1.807, 2.05) is 24.3 Å². The van der Waals surface area contributed by atoms with Gasteiger partial charge in [-0.05, 0) is 12.1 Å². The summed E-state index contributed by atoms with van der Waals surface area (Å²) >= 11 is 0. The minimum atomic E-state index is -0.296. The second kappa shape index (κ2) is 5.56.